The van der Waals surface area contributed by atoms with Crippen molar-refractivity contribution in [1.29, 1.82) is 0 Å². The summed E-state index contributed by atoms with van der Waals surface area (Å²) in [5.74, 6) is -0.321. The van der Waals surface area contributed by atoms with E-state index in [2.05, 4.69) is 16.1 Å². The predicted octanol–water partition coefficient (Wildman–Crippen LogP) is 2.25. The Labute approximate surface area is 248 Å². The zero-order valence-electron chi connectivity index (χ0n) is 25.2. The normalized spacial score (nSPS) is 16.7. The molecule has 11 nitrogen and oxygen atoms in total. The number of aliphatic hydroxyl groups excluding tert-OH is 1. The molecule has 4 atom stereocenters. The second-order valence-corrected chi connectivity index (χ2v) is 13.4. The van der Waals surface area contributed by atoms with Crippen LogP contribution in [-0.2, 0) is 25.8 Å². The van der Waals surface area contributed by atoms with E-state index in [1.54, 1.807) is 33.9 Å². The average Bonchev–Trinajstić information content (AvgIpc) is 3.30. The van der Waals surface area contributed by atoms with Crippen LogP contribution in [0.3, 0.4) is 0 Å². The van der Waals surface area contributed by atoms with Crippen molar-refractivity contribution in [2.45, 2.75) is 76.2 Å². The number of benzene rings is 2. The van der Waals surface area contributed by atoms with Gasteiger partial charge in [0, 0.05) is 26.0 Å². The molecule has 12 heteroatoms. The number of ether oxygens (including phenoxy) is 2. The first-order valence-corrected chi connectivity index (χ1v) is 15.8. The lowest BCUT2D eigenvalue weighted by Gasteiger charge is -2.36. The van der Waals surface area contributed by atoms with Gasteiger partial charge in [-0.1, -0.05) is 58.0 Å². The molecule has 3 rings (SSSR count). The van der Waals surface area contributed by atoms with Crippen LogP contribution < -0.4 is 25.5 Å². The first-order valence-electron chi connectivity index (χ1n) is 14.3. The number of hydrogen-bond donors (Lipinski definition) is 4. The van der Waals surface area contributed by atoms with Gasteiger partial charge < -0.3 is 19.9 Å². The van der Waals surface area contributed by atoms with Crippen molar-refractivity contribution >= 4 is 21.7 Å². The van der Waals surface area contributed by atoms with Gasteiger partial charge >= 0.3 is 0 Å². The molecule has 1 aliphatic heterocycles. The van der Waals surface area contributed by atoms with Gasteiger partial charge in [-0.15, -0.1) is 0 Å². The maximum atomic E-state index is 13.7. The molecule has 232 valence electrons. The molecule has 0 saturated carbocycles. The minimum atomic E-state index is -3.91. The first-order chi connectivity index (χ1) is 19.8. The third-order valence-electron chi connectivity index (χ3n) is 6.80. The lowest BCUT2D eigenvalue weighted by atomic mass is 9.99. The van der Waals surface area contributed by atoms with Gasteiger partial charge in [0.05, 0.1) is 23.6 Å². The number of aliphatic hydroxyl groups is 1. The minimum Gasteiger partial charge on any atom is -0.451 e. The zero-order chi connectivity index (χ0) is 31.0. The van der Waals surface area contributed by atoms with E-state index in [1.807, 2.05) is 44.2 Å². The van der Waals surface area contributed by atoms with E-state index < -0.39 is 39.6 Å². The Morgan fingerprint density at radius 2 is 1.69 bits per heavy atom. The van der Waals surface area contributed by atoms with E-state index in [4.69, 9.17) is 9.47 Å². The van der Waals surface area contributed by atoms with Crippen LogP contribution in [0.1, 0.15) is 46.6 Å². The summed E-state index contributed by atoms with van der Waals surface area (Å²) >= 11 is 0. The zero-order valence-corrected chi connectivity index (χ0v) is 26.0. The second-order valence-electron chi connectivity index (χ2n) is 11.3. The number of carbonyl (C=O) groups excluding carboxylic acids is 2. The molecule has 0 saturated heterocycles. The molecular formula is C30H44N4O7S. The van der Waals surface area contributed by atoms with Crippen LogP contribution >= 0.6 is 0 Å². The van der Waals surface area contributed by atoms with Crippen LogP contribution in [0.2, 0.25) is 0 Å². The Kier molecular flexibility index (Phi) is 11.7. The van der Waals surface area contributed by atoms with Gasteiger partial charge in [0.2, 0.25) is 12.2 Å². The van der Waals surface area contributed by atoms with Crippen LogP contribution in [0, 0.1) is 11.8 Å². The summed E-state index contributed by atoms with van der Waals surface area (Å²) in [6, 6.07) is 12.9. The molecule has 0 radical (unpaired) electrons. The molecule has 2 aromatic carbocycles. The molecule has 0 aliphatic carbocycles. The number of hydrogen-bond acceptors (Lipinski definition) is 9. The highest BCUT2D eigenvalue weighted by Crippen LogP contribution is 2.37. The van der Waals surface area contributed by atoms with Gasteiger partial charge in [-0.3, -0.25) is 20.3 Å². The molecule has 0 fully saturated rings. The number of hydrazine groups is 1. The summed E-state index contributed by atoms with van der Waals surface area (Å²) in [6.07, 6.45) is -1.36. The topological polar surface area (TPSA) is 146 Å². The molecule has 2 aromatic rings. The molecule has 0 spiro atoms. The SMILES string of the molecule is CNCC(=O)NN(C(=O)CC(C)C)C(Cc1ccccc1)[C@H](O)CNC(C(C)C)S(=O)(=O)c1ccc2c(c1)OC(C)O2. The van der Waals surface area contributed by atoms with Crippen molar-refractivity contribution in [2.24, 2.45) is 11.8 Å². The summed E-state index contributed by atoms with van der Waals surface area (Å²) in [7, 11) is -2.30. The van der Waals surface area contributed by atoms with Crippen LogP contribution in [0.15, 0.2) is 53.4 Å². The molecular weight excluding hydrogens is 560 g/mol. The summed E-state index contributed by atoms with van der Waals surface area (Å²) in [5, 5.41) is 17.5. The van der Waals surface area contributed by atoms with E-state index in [-0.39, 0.29) is 48.6 Å². The van der Waals surface area contributed by atoms with Crippen molar-refractivity contribution < 1.29 is 32.6 Å². The largest absolute Gasteiger partial charge is 0.451 e. The van der Waals surface area contributed by atoms with Gasteiger partial charge in [-0.25, -0.2) is 13.4 Å². The van der Waals surface area contributed by atoms with Crippen molar-refractivity contribution in [3.05, 3.63) is 54.1 Å². The Morgan fingerprint density at radius 1 is 1.02 bits per heavy atom. The highest BCUT2D eigenvalue weighted by Gasteiger charge is 2.36. The number of likely N-dealkylation sites (N-methyl/N-ethyl adjacent to an activating group) is 1. The maximum absolute atomic E-state index is 13.7. The van der Waals surface area contributed by atoms with E-state index in [1.165, 1.54) is 17.1 Å². The Morgan fingerprint density at radius 3 is 2.31 bits per heavy atom. The number of amides is 2. The van der Waals surface area contributed by atoms with E-state index >= 15 is 0 Å². The van der Waals surface area contributed by atoms with Gasteiger partial charge in [0.25, 0.3) is 5.91 Å². The monoisotopic (exact) mass is 604 g/mol. The molecule has 3 unspecified atom stereocenters. The first kappa shape index (κ1) is 33.3. The quantitative estimate of drug-likeness (QED) is 0.239. The summed E-state index contributed by atoms with van der Waals surface area (Å²) in [4.78, 5) is 26.0. The summed E-state index contributed by atoms with van der Waals surface area (Å²) in [5.41, 5.74) is 3.51. The molecule has 4 N–H and O–H groups in total. The third-order valence-corrected chi connectivity index (χ3v) is 9.09. The van der Waals surface area contributed by atoms with Crippen molar-refractivity contribution in [3.8, 4) is 11.5 Å². The number of nitrogens with one attached hydrogen (secondary N) is 3. The Bertz CT molecular complexity index is 1300. The number of rotatable bonds is 14. The number of sulfone groups is 1. The molecule has 42 heavy (non-hydrogen) atoms. The molecule has 1 aliphatic rings. The lowest BCUT2D eigenvalue weighted by Crippen LogP contribution is -2.60. The average molecular weight is 605 g/mol. The van der Waals surface area contributed by atoms with Crippen LogP contribution in [0.5, 0.6) is 11.5 Å². The van der Waals surface area contributed by atoms with Crippen LogP contribution in [-0.4, -0.2) is 74.3 Å². The standard InChI is InChI=1S/C30H44N4O7S/c1-19(2)14-29(37)34(33-28(36)18-31-6)24(15-22-10-8-7-9-11-22)25(35)17-32-30(20(3)4)42(38,39)23-12-13-26-27(16-23)41-21(5)40-26/h7-13,16,19-21,24-25,30-32,35H,14-15,17-18H2,1-6H3,(H,33,36)/t21?,24?,25-,30?/m1/s1. The summed E-state index contributed by atoms with van der Waals surface area (Å²) < 4.78 is 38.6. The fourth-order valence-corrected chi connectivity index (χ4v) is 6.68. The fraction of sp³-hybridized carbons (Fsp3) is 0.533. The third kappa shape index (κ3) is 8.66. The van der Waals surface area contributed by atoms with Crippen molar-refractivity contribution in [1.82, 2.24) is 21.1 Å². The van der Waals surface area contributed by atoms with Gasteiger partial charge in [-0.05, 0) is 43.0 Å². The van der Waals surface area contributed by atoms with E-state index in [0.717, 1.165) is 5.56 Å². The molecule has 1 heterocycles. The molecule has 2 amide bonds. The highest BCUT2D eigenvalue weighted by molar-refractivity contribution is 7.92. The highest BCUT2D eigenvalue weighted by atomic mass is 32.2. The van der Waals surface area contributed by atoms with Crippen molar-refractivity contribution in [2.75, 3.05) is 20.1 Å². The lowest BCUT2D eigenvalue weighted by molar-refractivity contribution is -0.148. The predicted molar refractivity (Wildman–Crippen MR) is 159 cm³/mol. The maximum Gasteiger partial charge on any atom is 0.252 e. The van der Waals surface area contributed by atoms with Gasteiger partial charge in [0.15, 0.2) is 21.3 Å². The van der Waals surface area contributed by atoms with E-state index in [0.29, 0.717) is 11.5 Å². The number of carbonyl (C=O) groups is 2. The fourth-order valence-electron chi connectivity index (χ4n) is 4.83. The van der Waals surface area contributed by atoms with Crippen LogP contribution in [0.4, 0.5) is 0 Å². The number of nitrogens with zero attached hydrogens (tertiary/aromatic N) is 1. The smallest absolute Gasteiger partial charge is 0.252 e. The number of fused-ring (bicyclic) bond motifs is 1. The molecule has 0 bridgehead atoms. The second kappa shape index (κ2) is 14.8. The van der Waals surface area contributed by atoms with E-state index in [9.17, 15) is 23.1 Å². The van der Waals surface area contributed by atoms with Crippen molar-refractivity contribution in [3.63, 3.8) is 0 Å². The van der Waals surface area contributed by atoms with Crippen LogP contribution in [0.25, 0.3) is 0 Å². The minimum absolute atomic E-state index is 0.00833. The Hall–Kier alpha value is -3.19. The Balaban J connectivity index is 1.89. The van der Waals surface area contributed by atoms with Gasteiger partial charge in [0.1, 0.15) is 5.37 Å². The summed E-state index contributed by atoms with van der Waals surface area (Å²) in [6.45, 7) is 8.86. The molecule has 0 aromatic heterocycles. The van der Waals surface area contributed by atoms with Gasteiger partial charge in [-0.2, -0.15) is 0 Å².